The monoisotopic (exact) mass is 711 g/mol. The van der Waals surface area contributed by atoms with Crippen molar-refractivity contribution in [2.45, 2.75) is 15.2 Å². The minimum atomic E-state index is -0.392. The first kappa shape index (κ1) is 29.5. The Morgan fingerprint density at radius 2 is 1.13 bits per heavy atom. The Morgan fingerprint density at radius 1 is 0.434 bits per heavy atom. The molecule has 8 aromatic carbocycles. The Bertz CT molecular complexity index is 3070. The first-order chi connectivity index (χ1) is 26.3. The van der Waals surface area contributed by atoms with Crippen molar-refractivity contribution >= 4 is 82.3 Å². The summed E-state index contributed by atoms with van der Waals surface area (Å²) in [6.45, 7) is 0. The van der Waals surface area contributed by atoms with Gasteiger partial charge in [0.1, 0.15) is 11.2 Å². The van der Waals surface area contributed by atoms with Gasteiger partial charge in [0.25, 0.3) is 0 Å². The third-order valence-electron chi connectivity index (χ3n) is 11.3. The number of para-hydroxylation sites is 2. The van der Waals surface area contributed by atoms with E-state index in [4.69, 9.17) is 4.42 Å². The molecule has 1 aliphatic heterocycles. The van der Waals surface area contributed by atoms with Crippen molar-refractivity contribution in [1.29, 1.82) is 0 Å². The summed E-state index contributed by atoms with van der Waals surface area (Å²) in [5.41, 5.74) is 12.9. The summed E-state index contributed by atoms with van der Waals surface area (Å²) in [6.07, 6.45) is 0. The average Bonchev–Trinajstić information content (AvgIpc) is 3.86. The lowest BCUT2D eigenvalue weighted by atomic mass is 9.67. The molecule has 0 bridgehead atoms. The van der Waals surface area contributed by atoms with E-state index in [0.717, 1.165) is 39.0 Å². The first-order valence-electron chi connectivity index (χ1n) is 18.0. The second-order valence-corrected chi connectivity index (χ2v) is 16.2. The summed E-state index contributed by atoms with van der Waals surface area (Å²) >= 11 is 3.79. The number of hydrogen-bond donors (Lipinski definition) is 0. The van der Waals surface area contributed by atoms with E-state index < -0.39 is 5.41 Å². The molecule has 4 heteroatoms. The van der Waals surface area contributed by atoms with E-state index in [9.17, 15) is 0 Å². The average molecular weight is 712 g/mol. The smallest absolute Gasteiger partial charge is 0.135 e. The summed E-state index contributed by atoms with van der Waals surface area (Å²) in [6, 6.07) is 64.7. The van der Waals surface area contributed by atoms with Gasteiger partial charge in [-0.05, 0) is 106 Å². The topological polar surface area (TPSA) is 16.4 Å². The van der Waals surface area contributed by atoms with Crippen LogP contribution in [0, 0.1) is 0 Å². The fourth-order valence-electron chi connectivity index (χ4n) is 9.20. The SMILES string of the molecule is c1ccc(N(c2ccc3oc4ccccc4c3c2)c2cccc3sc4cc5c(cc4c23)-c2ccccc2C52c3ccccc3Sc3ccccc32)cc1. The molecule has 0 unspecified atom stereocenters. The molecular weight excluding hydrogens is 683 g/mol. The highest BCUT2D eigenvalue weighted by molar-refractivity contribution is 7.99. The quantitative estimate of drug-likeness (QED) is 0.182. The summed E-state index contributed by atoms with van der Waals surface area (Å²) in [4.78, 5) is 5.07. The van der Waals surface area contributed by atoms with Crippen molar-refractivity contribution in [3.8, 4) is 11.1 Å². The minimum Gasteiger partial charge on any atom is -0.456 e. The number of hydrogen-bond acceptors (Lipinski definition) is 4. The van der Waals surface area contributed by atoms with Crippen molar-refractivity contribution in [2.24, 2.45) is 0 Å². The van der Waals surface area contributed by atoms with Gasteiger partial charge in [0, 0.05) is 52.1 Å². The van der Waals surface area contributed by atoms with E-state index in [1.54, 1.807) is 0 Å². The molecule has 12 rings (SSSR count). The van der Waals surface area contributed by atoms with E-state index in [1.807, 2.05) is 35.2 Å². The molecule has 53 heavy (non-hydrogen) atoms. The fraction of sp³-hybridized carbons (Fsp3) is 0.0204. The normalized spacial score (nSPS) is 13.7. The van der Waals surface area contributed by atoms with Crippen molar-refractivity contribution in [3.05, 3.63) is 198 Å². The fourth-order valence-corrected chi connectivity index (χ4v) is 11.5. The molecule has 2 aliphatic rings. The molecule has 0 radical (unpaired) electrons. The van der Waals surface area contributed by atoms with Crippen LogP contribution in [0.1, 0.15) is 22.3 Å². The molecular formula is C49H29NOS2. The van der Waals surface area contributed by atoms with Crippen molar-refractivity contribution in [1.82, 2.24) is 0 Å². The van der Waals surface area contributed by atoms with Crippen LogP contribution < -0.4 is 4.90 Å². The Labute approximate surface area is 314 Å². The highest BCUT2D eigenvalue weighted by Gasteiger charge is 2.50. The van der Waals surface area contributed by atoms with Crippen LogP contribution in [0.25, 0.3) is 53.2 Å². The number of nitrogens with zero attached hydrogens (tertiary/aromatic N) is 1. The molecule has 1 aliphatic carbocycles. The molecule has 1 spiro atoms. The van der Waals surface area contributed by atoms with Crippen LogP contribution in [-0.2, 0) is 5.41 Å². The van der Waals surface area contributed by atoms with Crippen LogP contribution in [-0.4, -0.2) is 0 Å². The van der Waals surface area contributed by atoms with Crippen LogP contribution >= 0.6 is 23.1 Å². The predicted molar refractivity (Wildman–Crippen MR) is 223 cm³/mol. The molecule has 10 aromatic rings. The Hall–Kier alpha value is -6.07. The molecule has 2 nitrogen and oxygen atoms in total. The summed E-state index contributed by atoms with van der Waals surface area (Å²) in [5.74, 6) is 0. The van der Waals surface area contributed by atoms with Gasteiger partial charge in [-0.25, -0.2) is 0 Å². The largest absolute Gasteiger partial charge is 0.456 e. The molecule has 248 valence electrons. The van der Waals surface area contributed by atoms with Gasteiger partial charge in [-0.3, -0.25) is 0 Å². The number of anilines is 3. The molecule has 0 N–H and O–H groups in total. The molecule has 0 atom stereocenters. The highest BCUT2D eigenvalue weighted by atomic mass is 32.2. The molecule has 3 heterocycles. The number of rotatable bonds is 3. The van der Waals surface area contributed by atoms with Crippen LogP contribution in [0.2, 0.25) is 0 Å². The second kappa shape index (κ2) is 11.0. The zero-order valence-corrected chi connectivity index (χ0v) is 30.0. The van der Waals surface area contributed by atoms with Gasteiger partial charge in [-0.15, -0.1) is 11.3 Å². The first-order valence-corrected chi connectivity index (χ1v) is 19.6. The van der Waals surface area contributed by atoms with Crippen LogP contribution in [0.3, 0.4) is 0 Å². The molecule has 0 saturated carbocycles. The lowest BCUT2D eigenvalue weighted by molar-refractivity contribution is 0.669. The Morgan fingerprint density at radius 3 is 1.96 bits per heavy atom. The number of benzene rings is 8. The third-order valence-corrected chi connectivity index (χ3v) is 13.6. The maximum atomic E-state index is 6.26. The number of fused-ring (bicyclic) bond motifs is 15. The maximum absolute atomic E-state index is 6.26. The van der Waals surface area contributed by atoms with E-state index in [1.165, 1.54) is 63.3 Å². The number of furan rings is 1. The molecule has 0 fully saturated rings. The maximum Gasteiger partial charge on any atom is 0.135 e. The summed E-state index contributed by atoms with van der Waals surface area (Å²) in [5, 5.41) is 4.81. The second-order valence-electron chi connectivity index (χ2n) is 14.0. The van der Waals surface area contributed by atoms with Gasteiger partial charge in [-0.2, -0.15) is 0 Å². The summed E-state index contributed by atoms with van der Waals surface area (Å²) < 4.78 is 8.84. The van der Waals surface area contributed by atoms with Gasteiger partial charge in [0.2, 0.25) is 0 Å². The van der Waals surface area contributed by atoms with Crippen molar-refractivity contribution < 1.29 is 4.42 Å². The van der Waals surface area contributed by atoms with Crippen LogP contribution in [0.5, 0.6) is 0 Å². The highest BCUT2D eigenvalue weighted by Crippen LogP contribution is 2.63. The van der Waals surface area contributed by atoms with Crippen LogP contribution in [0.4, 0.5) is 17.1 Å². The van der Waals surface area contributed by atoms with E-state index in [-0.39, 0.29) is 0 Å². The van der Waals surface area contributed by atoms with Crippen molar-refractivity contribution in [2.75, 3.05) is 4.90 Å². The molecule has 2 aromatic heterocycles. The van der Waals surface area contributed by atoms with E-state index in [0.29, 0.717) is 0 Å². The van der Waals surface area contributed by atoms with Gasteiger partial charge < -0.3 is 9.32 Å². The number of thiophene rings is 1. The summed E-state index contributed by atoms with van der Waals surface area (Å²) in [7, 11) is 0. The zero-order valence-electron chi connectivity index (χ0n) is 28.4. The lowest BCUT2D eigenvalue weighted by Crippen LogP contribution is -2.31. The van der Waals surface area contributed by atoms with E-state index >= 15 is 0 Å². The molecule has 0 amide bonds. The van der Waals surface area contributed by atoms with Crippen LogP contribution in [0.15, 0.2) is 190 Å². The van der Waals surface area contributed by atoms with Gasteiger partial charge >= 0.3 is 0 Å². The third kappa shape index (κ3) is 4.00. The minimum absolute atomic E-state index is 0.392. The standard InChI is InChI=1S/C49H29NOS2/c1-2-13-30(14-3-1)50(31-25-26-43-35(27-31)33-16-5-9-21-42(33)51-43)41-20-12-24-46-48(41)36-28-34-32-15-4-6-17-37(32)49(40(34)29-47(36)53-46)38-18-7-10-22-44(38)52-45-23-11-8-19-39(45)49/h1-29H. The lowest BCUT2D eigenvalue weighted by Gasteiger charge is -2.39. The molecule has 0 saturated heterocycles. The Kier molecular flexibility index (Phi) is 6.11. The van der Waals surface area contributed by atoms with Crippen molar-refractivity contribution in [3.63, 3.8) is 0 Å². The predicted octanol–water partition coefficient (Wildman–Crippen LogP) is 14.3. The van der Waals surface area contributed by atoms with E-state index in [2.05, 4.69) is 169 Å². The zero-order chi connectivity index (χ0) is 34.7. The van der Waals surface area contributed by atoms with Gasteiger partial charge in [-0.1, -0.05) is 115 Å². The van der Waals surface area contributed by atoms with Gasteiger partial charge in [0.05, 0.1) is 11.1 Å². The van der Waals surface area contributed by atoms with Gasteiger partial charge in [0.15, 0.2) is 0 Å². The Balaban J connectivity index is 1.15.